The fourth-order valence-electron chi connectivity index (χ4n) is 2.62. The molecule has 2 aromatic carbocycles. The van der Waals surface area contributed by atoms with E-state index in [4.69, 9.17) is 0 Å². The van der Waals surface area contributed by atoms with Gasteiger partial charge in [0.15, 0.2) is 0 Å². The number of rotatable bonds is 2. The molecule has 0 aromatic heterocycles. The number of benzene rings is 2. The van der Waals surface area contributed by atoms with E-state index in [9.17, 15) is 9.59 Å². The van der Waals surface area contributed by atoms with Crippen LogP contribution >= 0.6 is 15.9 Å². The minimum atomic E-state index is -0.383. The highest BCUT2D eigenvalue weighted by Gasteiger charge is 2.40. The lowest BCUT2D eigenvalue weighted by molar-refractivity contribution is -0.121. The van der Waals surface area contributed by atoms with Crippen LogP contribution in [0.1, 0.15) is 23.5 Å². The Morgan fingerprint density at radius 2 is 1.81 bits per heavy atom. The van der Waals surface area contributed by atoms with E-state index in [0.29, 0.717) is 5.69 Å². The van der Waals surface area contributed by atoms with E-state index in [1.54, 1.807) is 0 Å². The van der Waals surface area contributed by atoms with E-state index in [-0.39, 0.29) is 24.2 Å². The van der Waals surface area contributed by atoms with Gasteiger partial charge in [0, 0.05) is 10.9 Å². The molecule has 1 aliphatic rings. The Labute approximate surface area is 131 Å². The minimum absolute atomic E-state index is 0.153. The first-order valence-electron chi connectivity index (χ1n) is 6.76. The Bertz CT molecular complexity index is 712. The summed E-state index contributed by atoms with van der Waals surface area (Å²) in [6.07, 6.45) is 0.225. The van der Waals surface area contributed by atoms with Gasteiger partial charge in [-0.2, -0.15) is 0 Å². The third-order valence-electron chi connectivity index (χ3n) is 3.69. The maximum absolute atomic E-state index is 12.7. The van der Waals surface area contributed by atoms with Gasteiger partial charge in [-0.3, -0.25) is 9.59 Å². The van der Waals surface area contributed by atoms with Gasteiger partial charge < -0.3 is 0 Å². The van der Waals surface area contributed by atoms with Crippen LogP contribution < -0.4 is 4.90 Å². The number of hydrogen-bond donors (Lipinski definition) is 0. The van der Waals surface area contributed by atoms with Crippen LogP contribution in [0.5, 0.6) is 0 Å². The van der Waals surface area contributed by atoms with Gasteiger partial charge in [0.05, 0.1) is 11.6 Å². The third-order valence-corrected chi connectivity index (χ3v) is 4.36. The van der Waals surface area contributed by atoms with Gasteiger partial charge in [0.1, 0.15) is 0 Å². The van der Waals surface area contributed by atoms with E-state index in [0.717, 1.165) is 15.6 Å². The second-order valence-electron chi connectivity index (χ2n) is 5.19. The number of amides is 2. The summed E-state index contributed by atoms with van der Waals surface area (Å²) in [7, 11) is 0. The number of nitrogens with zero attached hydrogens (tertiary/aromatic N) is 1. The lowest BCUT2D eigenvalue weighted by Crippen LogP contribution is -2.30. The molecule has 2 aromatic rings. The first-order valence-corrected chi connectivity index (χ1v) is 7.55. The molecule has 1 unspecified atom stereocenters. The van der Waals surface area contributed by atoms with Gasteiger partial charge in [-0.1, -0.05) is 36.4 Å². The van der Waals surface area contributed by atoms with Crippen molar-refractivity contribution in [2.45, 2.75) is 19.3 Å². The van der Waals surface area contributed by atoms with Gasteiger partial charge >= 0.3 is 0 Å². The molecular formula is C17H14BrNO2. The average molecular weight is 344 g/mol. The van der Waals surface area contributed by atoms with Crippen LogP contribution in [0.25, 0.3) is 0 Å². The number of anilines is 1. The van der Waals surface area contributed by atoms with E-state index in [1.807, 2.05) is 55.5 Å². The zero-order valence-corrected chi connectivity index (χ0v) is 13.1. The number of carbonyl (C=O) groups excluding carboxylic acids is 2. The van der Waals surface area contributed by atoms with Crippen LogP contribution in [0.2, 0.25) is 0 Å². The number of imide groups is 1. The first-order chi connectivity index (χ1) is 10.1. The Kier molecular flexibility index (Phi) is 3.64. The molecule has 1 aliphatic heterocycles. The average Bonchev–Trinajstić information content (AvgIpc) is 2.78. The van der Waals surface area contributed by atoms with Crippen molar-refractivity contribution < 1.29 is 9.59 Å². The first kappa shape index (κ1) is 14.0. The van der Waals surface area contributed by atoms with Crippen molar-refractivity contribution in [2.24, 2.45) is 0 Å². The van der Waals surface area contributed by atoms with E-state index in [1.165, 1.54) is 4.90 Å². The molecule has 0 radical (unpaired) electrons. The molecule has 0 spiro atoms. The molecule has 2 amide bonds. The second kappa shape index (κ2) is 5.45. The second-order valence-corrected chi connectivity index (χ2v) is 6.04. The molecule has 21 heavy (non-hydrogen) atoms. The fraction of sp³-hybridized carbons (Fsp3) is 0.176. The largest absolute Gasteiger partial charge is 0.274 e. The van der Waals surface area contributed by atoms with Crippen LogP contribution in [0.3, 0.4) is 0 Å². The van der Waals surface area contributed by atoms with Crippen LogP contribution in [0.4, 0.5) is 5.69 Å². The molecule has 4 heteroatoms. The Morgan fingerprint density at radius 3 is 2.52 bits per heavy atom. The summed E-state index contributed by atoms with van der Waals surface area (Å²) in [6, 6.07) is 15.1. The summed E-state index contributed by atoms with van der Waals surface area (Å²) in [5.74, 6) is -0.691. The number of halogens is 1. The predicted octanol–water partition coefficient (Wildman–Crippen LogP) is 3.80. The van der Waals surface area contributed by atoms with Crippen molar-refractivity contribution >= 4 is 33.4 Å². The Balaban J connectivity index is 2.00. The quantitative estimate of drug-likeness (QED) is 0.777. The van der Waals surface area contributed by atoms with Crippen LogP contribution in [0, 0.1) is 6.92 Å². The predicted molar refractivity (Wildman–Crippen MR) is 85.2 cm³/mol. The van der Waals surface area contributed by atoms with Crippen molar-refractivity contribution in [1.29, 1.82) is 0 Å². The molecule has 0 aliphatic carbocycles. The van der Waals surface area contributed by atoms with Gasteiger partial charge in [0.2, 0.25) is 11.8 Å². The molecule has 0 N–H and O–H groups in total. The van der Waals surface area contributed by atoms with E-state index in [2.05, 4.69) is 15.9 Å². The van der Waals surface area contributed by atoms with Gasteiger partial charge in [-0.15, -0.1) is 0 Å². The molecule has 106 valence electrons. The lowest BCUT2D eigenvalue weighted by atomic mass is 9.98. The third kappa shape index (κ3) is 2.51. The van der Waals surface area contributed by atoms with Crippen molar-refractivity contribution in [2.75, 3.05) is 4.90 Å². The van der Waals surface area contributed by atoms with Gasteiger partial charge in [-0.25, -0.2) is 4.90 Å². The minimum Gasteiger partial charge on any atom is -0.274 e. The van der Waals surface area contributed by atoms with Crippen molar-refractivity contribution in [3.63, 3.8) is 0 Å². The normalized spacial score (nSPS) is 18.4. The highest BCUT2D eigenvalue weighted by molar-refractivity contribution is 9.10. The van der Waals surface area contributed by atoms with Crippen molar-refractivity contribution in [3.8, 4) is 0 Å². The standard InChI is InChI=1S/C17H14BrNO2/c1-11-7-8-14(18)15(9-11)19-16(20)10-13(17(19)21)12-5-3-2-4-6-12/h2-9,13H,10H2,1H3. The van der Waals surface area contributed by atoms with Crippen LogP contribution in [-0.4, -0.2) is 11.8 Å². The highest BCUT2D eigenvalue weighted by atomic mass is 79.9. The van der Waals surface area contributed by atoms with Crippen molar-refractivity contribution in [3.05, 3.63) is 64.1 Å². The summed E-state index contributed by atoms with van der Waals surface area (Å²) in [5.41, 5.74) is 2.53. The SMILES string of the molecule is Cc1ccc(Br)c(N2C(=O)CC(c3ccccc3)C2=O)c1. The molecule has 3 rings (SSSR count). The summed E-state index contributed by atoms with van der Waals surface area (Å²) in [5, 5.41) is 0. The van der Waals surface area contributed by atoms with Gasteiger partial charge in [0.25, 0.3) is 0 Å². The molecule has 1 atom stereocenters. The Morgan fingerprint density at radius 1 is 1.10 bits per heavy atom. The number of aryl methyl sites for hydroxylation is 1. The molecule has 0 saturated carbocycles. The number of carbonyl (C=O) groups is 2. The maximum atomic E-state index is 12.7. The molecule has 1 fully saturated rings. The Hall–Kier alpha value is -1.94. The molecule has 1 saturated heterocycles. The van der Waals surface area contributed by atoms with E-state index >= 15 is 0 Å². The summed E-state index contributed by atoms with van der Waals surface area (Å²) in [6.45, 7) is 1.94. The molecule has 1 heterocycles. The monoisotopic (exact) mass is 343 g/mol. The molecular weight excluding hydrogens is 330 g/mol. The maximum Gasteiger partial charge on any atom is 0.241 e. The zero-order valence-electron chi connectivity index (χ0n) is 11.5. The summed E-state index contributed by atoms with van der Waals surface area (Å²) >= 11 is 3.43. The van der Waals surface area contributed by atoms with Gasteiger partial charge in [-0.05, 0) is 46.1 Å². The lowest BCUT2D eigenvalue weighted by Gasteiger charge is -2.17. The van der Waals surface area contributed by atoms with E-state index < -0.39 is 0 Å². The zero-order chi connectivity index (χ0) is 15.0. The molecule has 3 nitrogen and oxygen atoms in total. The smallest absolute Gasteiger partial charge is 0.241 e. The topological polar surface area (TPSA) is 37.4 Å². The summed E-state index contributed by atoms with van der Waals surface area (Å²) in [4.78, 5) is 26.3. The fourth-order valence-corrected chi connectivity index (χ4v) is 3.05. The van der Waals surface area contributed by atoms with Crippen molar-refractivity contribution in [1.82, 2.24) is 0 Å². The highest BCUT2D eigenvalue weighted by Crippen LogP contribution is 2.36. The van der Waals surface area contributed by atoms with Crippen LogP contribution in [0.15, 0.2) is 53.0 Å². The van der Waals surface area contributed by atoms with Crippen LogP contribution in [-0.2, 0) is 9.59 Å². The molecule has 0 bridgehead atoms. The summed E-state index contributed by atoms with van der Waals surface area (Å²) < 4.78 is 0.753. The number of hydrogen-bond acceptors (Lipinski definition) is 2.